The summed E-state index contributed by atoms with van der Waals surface area (Å²) in [5.74, 6) is 0. The van der Waals surface area contributed by atoms with E-state index < -0.39 is 9.84 Å². The van der Waals surface area contributed by atoms with Gasteiger partial charge in [0.25, 0.3) is 5.56 Å². The van der Waals surface area contributed by atoms with Crippen molar-refractivity contribution < 1.29 is 8.42 Å². The van der Waals surface area contributed by atoms with Gasteiger partial charge in [0.15, 0.2) is 0 Å². The zero-order valence-corrected chi connectivity index (χ0v) is 14.5. The number of hydrogen-bond acceptors (Lipinski definition) is 6. The van der Waals surface area contributed by atoms with Crippen molar-refractivity contribution in [2.75, 3.05) is 0 Å². The number of aryl methyl sites for hydroxylation is 1. The molecule has 26 heavy (non-hydrogen) atoms. The molecule has 0 spiro atoms. The van der Waals surface area contributed by atoms with E-state index in [0.717, 1.165) is 5.69 Å². The molecule has 3 heterocycles. The summed E-state index contributed by atoms with van der Waals surface area (Å²) < 4.78 is 28.1. The second-order valence-corrected chi connectivity index (χ2v) is 7.74. The monoisotopic (exact) mass is 370 g/mol. The Labute approximate surface area is 147 Å². The molecule has 1 aromatic carbocycles. The van der Waals surface area contributed by atoms with E-state index in [9.17, 15) is 13.2 Å². The molecule has 0 aliphatic heterocycles. The van der Waals surface area contributed by atoms with Crippen LogP contribution in [0.1, 0.15) is 5.69 Å². The molecular weight excluding hydrogens is 356 g/mol. The number of nitrogens with zero attached hydrogens (tertiary/aromatic N) is 5. The number of aromatic amines is 1. The maximum Gasteiger partial charge on any atom is 0.274 e. The van der Waals surface area contributed by atoms with Crippen LogP contribution in [0.25, 0.3) is 10.8 Å². The van der Waals surface area contributed by atoms with Gasteiger partial charge >= 0.3 is 0 Å². The maximum atomic E-state index is 12.7. The van der Waals surface area contributed by atoms with Crippen LogP contribution in [0.5, 0.6) is 0 Å². The van der Waals surface area contributed by atoms with E-state index in [1.165, 1.54) is 46.2 Å². The lowest BCUT2D eigenvalue weighted by molar-refractivity contribution is 0.596. The second-order valence-electron chi connectivity index (χ2n) is 5.79. The standard InChI is InChI=1S/C16H14N6O3S/c1-21-10-14(8-18-21)26(24,25)13-2-3-15-11(6-13)7-19-22(16(15)23)9-12-4-5-17-20-12/h2-8,10H,9H2,1H3,(H,17,20). The highest BCUT2D eigenvalue weighted by Gasteiger charge is 2.20. The molecule has 0 amide bonds. The molecule has 0 radical (unpaired) electrons. The number of nitrogens with one attached hydrogen (secondary N) is 1. The molecule has 0 bridgehead atoms. The van der Waals surface area contributed by atoms with Crippen LogP contribution in [0.15, 0.2) is 63.6 Å². The van der Waals surface area contributed by atoms with Crippen molar-refractivity contribution in [3.05, 3.63) is 65.1 Å². The van der Waals surface area contributed by atoms with Gasteiger partial charge in [-0.15, -0.1) is 0 Å². The Balaban J connectivity index is 1.78. The molecule has 4 aromatic rings. The number of aromatic nitrogens is 6. The van der Waals surface area contributed by atoms with Gasteiger partial charge in [-0.3, -0.25) is 14.6 Å². The SMILES string of the molecule is Cn1cc(S(=O)(=O)c2ccc3c(=O)n(Cc4ccn[nH]4)ncc3c2)cn1. The molecule has 4 rings (SSSR count). The van der Waals surface area contributed by atoms with Crippen LogP contribution in [0.4, 0.5) is 0 Å². The highest BCUT2D eigenvalue weighted by atomic mass is 32.2. The molecule has 0 unspecified atom stereocenters. The maximum absolute atomic E-state index is 12.7. The predicted octanol–water partition coefficient (Wildman–Crippen LogP) is 0.734. The van der Waals surface area contributed by atoms with Crippen LogP contribution >= 0.6 is 0 Å². The van der Waals surface area contributed by atoms with Gasteiger partial charge in [0.05, 0.1) is 34.9 Å². The zero-order chi connectivity index (χ0) is 18.3. The molecule has 10 heteroatoms. The third-order valence-electron chi connectivity index (χ3n) is 4.00. The van der Waals surface area contributed by atoms with E-state index >= 15 is 0 Å². The number of H-pyrrole nitrogens is 1. The van der Waals surface area contributed by atoms with Crippen molar-refractivity contribution >= 4 is 20.6 Å². The zero-order valence-electron chi connectivity index (χ0n) is 13.7. The fourth-order valence-corrected chi connectivity index (χ4v) is 3.93. The third kappa shape index (κ3) is 2.69. The first-order chi connectivity index (χ1) is 12.4. The van der Waals surface area contributed by atoms with Crippen molar-refractivity contribution in [3.63, 3.8) is 0 Å². The van der Waals surface area contributed by atoms with Crippen LogP contribution in [-0.4, -0.2) is 38.2 Å². The molecule has 0 saturated heterocycles. The minimum Gasteiger partial charge on any atom is -0.281 e. The fourth-order valence-electron chi connectivity index (χ4n) is 2.65. The Morgan fingerprint density at radius 2 is 1.96 bits per heavy atom. The fraction of sp³-hybridized carbons (Fsp3) is 0.125. The van der Waals surface area contributed by atoms with E-state index in [1.807, 2.05) is 0 Å². The van der Waals surface area contributed by atoms with Gasteiger partial charge in [-0.2, -0.15) is 15.3 Å². The van der Waals surface area contributed by atoms with Crippen LogP contribution in [0.3, 0.4) is 0 Å². The summed E-state index contributed by atoms with van der Waals surface area (Å²) in [6.07, 6.45) is 5.80. The predicted molar refractivity (Wildman–Crippen MR) is 92.4 cm³/mol. The summed E-state index contributed by atoms with van der Waals surface area (Å²) in [5.41, 5.74) is 0.442. The van der Waals surface area contributed by atoms with Gasteiger partial charge in [0.1, 0.15) is 4.90 Å². The molecule has 0 saturated carbocycles. The minimum absolute atomic E-state index is 0.0884. The van der Waals surface area contributed by atoms with Crippen LogP contribution in [0.2, 0.25) is 0 Å². The summed E-state index contributed by atoms with van der Waals surface area (Å²) >= 11 is 0. The van der Waals surface area contributed by atoms with Crippen LogP contribution in [0, 0.1) is 0 Å². The summed E-state index contributed by atoms with van der Waals surface area (Å²) in [6.45, 7) is 0.254. The number of benzene rings is 1. The number of hydrogen-bond donors (Lipinski definition) is 1. The quantitative estimate of drug-likeness (QED) is 0.566. The molecule has 0 fully saturated rings. The Bertz CT molecular complexity index is 1250. The Morgan fingerprint density at radius 1 is 1.12 bits per heavy atom. The summed E-state index contributed by atoms with van der Waals surface area (Å²) in [6, 6.07) is 6.13. The first-order valence-corrected chi connectivity index (χ1v) is 9.15. The minimum atomic E-state index is -3.71. The van der Waals surface area contributed by atoms with Crippen molar-refractivity contribution in [2.45, 2.75) is 16.3 Å². The summed E-state index contributed by atoms with van der Waals surface area (Å²) in [7, 11) is -2.06. The average Bonchev–Trinajstić information content (AvgIpc) is 3.29. The van der Waals surface area contributed by atoms with E-state index in [2.05, 4.69) is 20.4 Å². The van der Waals surface area contributed by atoms with Gasteiger partial charge in [-0.05, 0) is 24.3 Å². The van der Waals surface area contributed by atoms with Crippen molar-refractivity contribution in [1.82, 2.24) is 29.8 Å². The summed E-state index contributed by atoms with van der Waals surface area (Å²) in [4.78, 5) is 12.8. The Kier molecular flexibility index (Phi) is 3.69. The second kappa shape index (κ2) is 5.92. The lowest BCUT2D eigenvalue weighted by atomic mass is 10.2. The first-order valence-electron chi connectivity index (χ1n) is 7.67. The lowest BCUT2D eigenvalue weighted by Gasteiger charge is -2.07. The lowest BCUT2D eigenvalue weighted by Crippen LogP contribution is -2.23. The molecule has 3 aromatic heterocycles. The van der Waals surface area contributed by atoms with Gasteiger partial charge in [-0.25, -0.2) is 13.1 Å². The highest BCUT2D eigenvalue weighted by Crippen LogP contribution is 2.23. The van der Waals surface area contributed by atoms with Gasteiger partial charge in [-0.1, -0.05) is 0 Å². The largest absolute Gasteiger partial charge is 0.281 e. The smallest absolute Gasteiger partial charge is 0.274 e. The molecule has 0 atom stereocenters. The van der Waals surface area contributed by atoms with Gasteiger partial charge in [0, 0.05) is 24.8 Å². The normalized spacial score (nSPS) is 11.9. The van der Waals surface area contributed by atoms with Crippen molar-refractivity contribution in [2.24, 2.45) is 7.05 Å². The third-order valence-corrected chi connectivity index (χ3v) is 5.71. The Hall–Kier alpha value is -3.27. The van der Waals surface area contributed by atoms with E-state index in [4.69, 9.17) is 0 Å². The van der Waals surface area contributed by atoms with Crippen LogP contribution < -0.4 is 5.56 Å². The molecule has 132 valence electrons. The molecule has 0 aliphatic rings. The molecule has 1 N–H and O–H groups in total. The van der Waals surface area contributed by atoms with Gasteiger partial charge in [0.2, 0.25) is 9.84 Å². The molecule has 0 aliphatic carbocycles. The molecule has 9 nitrogen and oxygen atoms in total. The number of rotatable bonds is 4. The van der Waals surface area contributed by atoms with Crippen molar-refractivity contribution in [1.29, 1.82) is 0 Å². The summed E-state index contributed by atoms with van der Waals surface area (Å²) in [5, 5.41) is 15.5. The first kappa shape index (κ1) is 16.2. The van der Waals surface area contributed by atoms with E-state index in [0.29, 0.717) is 10.8 Å². The molecular formula is C16H14N6O3S. The van der Waals surface area contributed by atoms with E-state index in [1.54, 1.807) is 19.3 Å². The van der Waals surface area contributed by atoms with Gasteiger partial charge < -0.3 is 0 Å². The average molecular weight is 370 g/mol. The van der Waals surface area contributed by atoms with E-state index in [-0.39, 0.29) is 21.9 Å². The topological polar surface area (TPSA) is 116 Å². The highest BCUT2D eigenvalue weighted by molar-refractivity contribution is 7.91. The number of sulfone groups is 1. The van der Waals surface area contributed by atoms with Crippen molar-refractivity contribution in [3.8, 4) is 0 Å². The van der Waals surface area contributed by atoms with Crippen LogP contribution in [-0.2, 0) is 23.4 Å². The number of fused-ring (bicyclic) bond motifs is 1. The Morgan fingerprint density at radius 3 is 2.65 bits per heavy atom.